The number of benzene rings is 1. The topological polar surface area (TPSA) is 86.8 Å². The number of fused-ring (bicyclic) bond motifs is 1. The number of rotatable bonds is 2. The van der Waals surface area contributed by atoms with Gasteiger partial charge in [-0.25, -0.2) is 17.9 Å². The Morgan fingerprint density at radius 3 is 2.59 bits per heavy atom. The lowest BCUT2D eigenvalue weighted by Crippen LogP contribution is -2.54. The molecule has 3 amide bonds. The molecule has 3 rings (SSSR count). The number of nitrogens with one attached hydrogen (secondary N) is 1. The fourth-order valence-corrected chi connectivity index (χ4v) is 4.09. The van der Waals surface area contributed by atoms with E-state index in [0.717, 1.165) is 0 Å². The highest BCUT2D eigenvalue weighted by atomic mass is 32.2. The SMILES string of the molecule is CC12CCC(=O)N1CCN2C(=O)NS(=O)(=O)c1ccccc1. The summed E-state index contributed by atoms with van der Waals surface area (Å²) in [6, 6.07) is 7.04. The minimum Gasteiger partial charge on any atom is -0.318 e. The molecule has 1 aromatic carbocycles. The maximum atomic E-state index is 12.4. The Hall–Kier alpha value is -2.09. The third-order valence-electron chi connectivity index (χ3n) is 4.34. The van der Waals surface area contributed by atoms with Gasteiger partial charge in [-0.2, -0.15) is 0 Å². The average Bonchev–Trinajstić information content (AvgIpc) is 2.96. The molecule has 7 nitrogen and oxygen atoms in total. The Labute approximate surface area is 128 Å². The zero-order valence-electron chi connectivity index (χ0n) is 12.2. The Morgan fingerprint density at radius 2 is 1.91 bits per heavy atom. The predicted octanol–water partition coefficient (Wildman–Crippen LogP) is 0.739. The van der Waals surface area contributed by atoms with Gasteiger partial charge in [0.05, 0.1) is 4.90 Å². The van der Waals surface area contributed by atoms with E-state index >= 15 is 0 Å². The fraction of sp³-hybridized carbons (Fsp3) is 0.429. The van der Waals surface area contributed by atoms with Gasteiger partial charge in [-0.1, -0.05) is 18.2 Å². The van der Waals surface area contributed by atoms with E-state index in [1.807, 2.05) is 0 Å². The van der Waals surface area contributed by atoms with Gasteiger partial charge in [-0.15, -0.1) is 0 Å². The van der Waals surface area contributed by atoms with Crippen LogP contribution >= 0.6 is 0 Å². The normalized spacial score (nSPS) is 24.5. The van der Waals surface area contributed by atoms with Gasteiger partial charge >= 0.3 is 6.03 Å². The van der Waals surface area contributed by atoms with Crippen molar-refractivity contribution in [1.29, 1.82) is 0 Å². The Kier molecular flexibility index (Phi) is 3.36. The molecule has 0 aromatic heterocycles. The summed E-state index contributed by atoms with van der Waals surface area (Å²) in [5, 5.41) is 0. The highest BCUT2D eigenvalue weighted by molar-refractivity contribution is 7.90. The second-order valence-electron chi connectivity index (χ2n) is 5.64. The lowest BCUT2D eigenvalue weighted by Gasteiger charge is -2.35. The molecule has 2 aliphatic heterocycles. The van der Waals surface area contributed by atoms with Crippen molar-refractivity contribution in [3.63, 3.8) is 0 Å². The lowest BCUT2D eigenvalue weighted by atomic mass is 10.1. The molecule has 1 aromatic rings. The Bertz CT molecular complexity index is 719. The van der Waals surface area contributed by atoms with Crippen molar-refractivity contribution in [3.05, 3.63) is 30.3 Å². The van der Waals surface area contributed by atoms with Crippen molar-refractivity contribution in [1.82, 2.24) is 14.5 Å². The molecule has 0 spiro atoms. The van der Waals surface area contributed by atoms with E-state index in [9.17, 15) is 18.0 Å². The van der Waals surface area contributed by atoms with Crippen LogP contribution in [-0.4, -0.2) is 48.9 Å². The van der Waals surface area contributed by atoms with E-state index in [1.54, 1.807) is 30.0 Å². The van der Waals surface area contributed by atoms with Crippen molar-refractivity contribution in [2.45, 2.75) is 30.3 Å². The van der Waals surface area contributed by atoms with E-state index in [1.165, 1.54) is 17.0 Å². The van der Waals surface area contributed by atoms with Crippen LogP contribution in [0.1, 0.15) is 19.8 Å². The minimum absolute atomic E-state index is 0.00344. The van der Waals surface area contributed by atoms with Gasteiger partial charge < -0.3 is 4.90 Å². The summed E-state index contributed by atoms with van der Waals surface area (Å²) in [6.07, 6.45) is 0.899. The summed E-state index contributed by atoms with van der Waals surface area (Å²) < 4.78 is 26.5. The van der Waals surface area contributed by atoms with E-state index in [-0.39, 0.29) is 10.8 Å². The van der Waals surface area contributed by atoms with Crippen molar-refractivity contribution in [3.8, 4) is 0 Å². The number of nitrogens with zero attached hydrogens (tertiary/aromatic N) is 2. The molecular formula is C14H17N3O4S. The number of sulfonamides is 1. The molecule has 8 heteroatoms. The third-order valence-corrected chi connectivity index (χ3v) is 5.68. The van der Waals surface area contributed by atoms with Crippen LogP contribution in [0.4, 0.5) is 4.79 Å². The standard InChI is InChI=1S/C14H17N3O4S/c1-14-8-7-12(18)16(14)9-10-17(14)13(19)15-22(20,21)11-5-3-2-4-6-11/h2-6H,7-10H2,1H3,(H,15,19). The summed E-state index contributed by atoms with van der Waals surface area (Å²) in [6.45, 7) is 2.56. The molecule has 118 valence electrons. The number of hydrogen-bond donors (Lipinski definition) is 1. The molecule has 2 fully saturated rings. The van der Waals surface area contributed by atoms with Crippen molar-refractivity contribution in [2.24, 2.45) is 0 Å². The number of carbonyl (C=O) groups excluding carboxylic acids is 2. The first kappa shape index (κ1) is 14.8. The summed E-state index contributed by atoms with van der Waals surface area (Å²) in [4.78, 5) is 27.3. The smallest absolute Gasteiger partial charge is 0.318 e. The molecule has 2 heterocycles. The van der Waals surface area contributed by atoms with Crippen LogP contribution in [0.5, 0.6) is 0 Å². The van der Waals surface area contributed by atoms with E-state index < -0.39 is 21.7 Å². The average molecular weight is 323 g/mol. The molecule has 0 bridgehead atoms. The first-order valence-electron chi connectivity index (χ1n) is 7.04. The molecule has 1 N–H and O–H groups in total. The van der Waals surface area contributed by atoms with Gasteiger partial charge in [0.2, 0.25) is 5.91 Å². The van der Waals surface area contributed by atoms with Crippen LogP contribution in [0.15, 0.2) is 35.2 Å². The van der Waals surface area contributed by atoms with Crippen LogP contribution in [-0.2, 0) is 14.8 Å². The second-order valence-corrected chi connectivity index (χ2v) is 7.32. The number of hydrogen-bond acceptors (Lipinski definition) is 4. The van der Waals surface area contributed by atoms with E-state index in [2.05, 4.69) is 4.72 Å². The van der Waals surface area contributed by atoms with Crippen molar-refractivity contribution in [2.75, 3.05) is 13.1 Å². The largest absolute Gasteiger partial charge is 0.333 e. The maximum absolute atomic E-state index is 12.4. The van der Waals surface area contributed by atoms with Gasteiger partial charge in [-0.3, -0.25) is 9.69 Å². The summed E-state index contributed by atoms with van der Waals surface area (Å²) >= 11 is 0. The monoisotopic (exact) mass is 323 g/mol. The lowest BCUT2D eigenvalue weighted by molar-refractivity contribution is -0.130. The third kappa shape index (κ3) is 2.23. The van der Waals surface area contributed by atoms with Gasteiger partial charge in [0.25, 0.3) is 10.0 Å². The highest BCUT2D eigenvalue weighted by Gasteiger charge is 2.52. The predicted molar refractivity (Wildman–Crippen MR) is 78.2 cm³/mol. The number of amides is 3. The first-order valence-corrected chi connectivity index (χ1v) is 8.53. The van der Waals surface area contributed by atoms with E-state index in [0.29, 0.717) is 25.9 Å². The Morgan fingerprint density at radius 1 is 1.23 bits per heavy atom. The highest BCUT2D eigenvalue weighted by Crippen LogP contribution is 2.37. The molecule has 2 saturated heterocycles. The van der Waals surface area contributed by atoms with Crippen LogP contribution in [0.3, 0.4) is 0 Å². The zero-order chi connectivity index (χ0) is 16.0. The summed E-state index contributed by atoms with van der Waals surface area (Å²) in [5.41, 5.74) is -0.729. The molecule has 22 heavy (non-hydrogen) atoms. The zero-order valence-corrected chi connectivity index (χ0v) is 13.0. The maximum Gasteiger partial charge on any atom is 0.333 e. The van der Waals surface area contributed by atoms with E-state index in [4.69, 9.17) is 0 Å². The summed E-state index contributed by atoms with van der Waals surface area (Å²) in [5.74, 6) is 0.00344. The first-order chi connectivity index (χ1) is 10.3. The number of urea groups is 1. The second kappa shape index (κ2) is 4.98. The van der Waals surface area contributed by atoms with Crippen LogP contribution < -0.4 is 4.72 Å². The molecule has 2 aliphatic rings. The van der Waals surface area contributed by atoms with Crippen LogP contribution in [0.25, 0.3) is 0 Å². The minimum atomic E-state index is -3.91. The van der Waals surface area contributed by atoms with Gasteiger partial charge in [0.1, 0.15) is 5.66 Å². The molecule has 1 unspecified atom stereocenters. The summed E-state index contributed by atoms with van der Waals surface area (Å²) in [7, 11) is -3.91. The van der Waals surface area contributed by atoms with Crippen LogP contribution in [0, 0.1) is 0 Å². The van der Waals surface area contributed by atoms with Gasteiger partial charge in [0, 0.05) is 19.5 Å². The molecule has 1 atom stereocenters. The van der Waals surface area contributed by atoms with Crippen LogP contribution in [0.2, 0.25) is 0 Å². The van der Waals surface area contributed by atoms with Gasteiger partial charge in [-0.05, 0) is 25.5 Å². The molecule has 0 saturated carbocycles. The molecule has 0 radical (unpaired) electrons. The Balaban J connectivity index is 1.80. The fourth-order valence-electron chi connectivity index (χ4n) is 3.12. The number of carbonyl (C=O) groups is 2. The quantitative estimate of drug-likeness (QED) is 0.869. The van der Waals surface area contributed by atoms with Crippen molar-refractivity contribution < 1.29 is 18.0 Å². The van der Waals surface area contributed by atoms with Crippen molar-refractivity contribution >= 4 is 22.0 Å². The molecule has 0 aliphatic carbocycles. The van der Waals surface area contributed by atoms with Gasteiger partial charge in [0.15, 0.2) is 0 Å². The molecular weight excluding hydrogens is 306 g/mol.